The molecule has 114 valence electrons. The summed E-state index contributed by atoms with van der Waals surface area (Å²) in [6, 6.07) is 8.31. The van der Waals surface area contributed by atoms with Crippen LogP contribution in [0.1, 0.15) is 35.0 Å². The molecule has 0 aliphatic rings. The molecule has 0 unspecified atom stereocenters. The van der Waals surface area contributed by atoms with Gasteiger partial charge in [0.25, 0.3) is 5.91 Å². The van der Waals surface area contributed by atoms with E-state index in [1.807, 2.05) is 26.2 Å². The van der Waals surface area contributed by atoms with Crippen molar-refractivity contribution >= 4 is 27.3 Å². The molecule has 3 nitrogen and oxygen atoms in total. The van der Waals surface area contributed by atoms with Crippen LogP contribution in [-0.2, 0) is 6.42 Å². The summed E-state index contributed by atoms with van der Waals surface area (Å²) in [6.45, 7) is 3.89. The van der Waals surface area contributed by atoms with Crippen LogP contribution in [0.5, 0.6) is 0 Å². The van der Waals surface area contributed by atoms with Crippen LogP contribution in [0.25, 0.3) is 10.1 Å². The number of aryl methyl sites for hydroxylation is 1. The highest BCUT2D eigenvalue weighted by Gasteiger charge is 2.17. The van der Waals surface area contributed by atoms with Crippen molar-refractivity contribution in [1.82, 2.24) is 10.2 Å². The highest BCUT2D eigenvalue weighted by atomic mass is 32.1. The van der Waals surface area contributed by atoms with E-state index >= 15 is 0 Å². The molecule has 4 heteroatoms. The van der Waals surface area contributed by atoms with Gasteiger partial charge in [0, 0.05) is 11.2 Å². The molecule has 1 aromatic carbocycles. The number of fused-ring (bicyclic) bond motifs is 1. The number of hydrogen-bond donors (Lipinski definition) is 1. The Morgan fingerprint density at radius 3 is 2.76 bits per heavy atom. The molecule has 0 saturated carbocycles. The third kappa shape index (κ3) is 4.05. The molecule has 0 aliphatic carbocycles. The van der Waals surface area contributed by atoms with Crippen molar-refractivity contribution in [2.24, 2.45) is 0 Å². The van der Waals surface area contributed by atoms with Crippen molar-refractivity contribution in [3.63, 3.8) is 0 Å². The Morgan fingerprint density at radius 1 is 1.29 bits per heavy atom. The van der Waals surface area contributed by atoms with Crippen molar-refractivity contribution in [2.75, 3.05) is 27.2 Å². The minimum Gasteiger partial charge on any atom is -0.351 e. The molecule has 1 N–H and O–H groups in total. The molecule has 2 aromatic rings. The van der Waals surface area contributed by atoms with Crippen molar-refractivity contribution in [3.8, 4) is 0 Å². The van der Waals surface area contributed by atoms with E-state index < -0.39 is 0 Å². The van der Waals surface area contributed by atoms with Gasteiger partial charge in [-0.1, -0.05) is 31.5 Å². The number of benzene rings is 1. The molecular weight excluding hydrogens is 280 g/mol. The second kappa shape index (κ2) is 7.57. The first kappa shape index (κ1) is 16.0. The SMILES string of the molecule is CCCc1c(C(=O)NCCCN(C)C)sc2ccccc12. The summed E-state index contributed by atoms with van der Waals surface area (Å²) >= 11 is 1.61. The summed E-state index contributed by atoms with van der Waals surface area (Å²) in [5.74, 6) is 0.0819. The highest BCUT2D eigenvalue weighted by molar-refractivity contribution is 7.21. The molecule has 0 saturated heterocycles. The number of hydrogen-bond acceptors (Lipinski definition) is 3. The molecule has 0 aliphatic heterocycles. The van der Waals surface area contributed by atoms with E-state index in [4.69, 9.17) is 0 Å². The Balaban J connectivity index is 2.12. The lowest BCUT2D eigenvalue weighted by molar-refractivity contribution is 0.0955. The predicted octanol–water partition coefficient (Wildman–Crippen LogP) is 3.54. The zero-order valence-electron chi connectivity index (χ0n) is 13.1. The fraction of sp³-hybridized carbons (Fsp3) is 0.471. The molecule has 0 fully saturated rings. The van der Waals surface area contributed by atoms with Gasteiger partial charge in [0.15, 0.2) is 0 Å². The number of amides is 1. The lowest BCUT2D eigenvalue weighted by atomic mass is 10.1. The Morgan fingerprint density at radius 2 is 2.05 bits per heavy atom. The third-order valence-electron chi connectivity index (χ3n) is 3.47. The van der Waals surface area contributed by atoms with Crippen LogP contribution in [0.3, 0.4) is 0 Å². The number of carbonyl (C=O) groups excluding carboxylic acids is 1. The van der Waals surface area contributed by atoms with Gasteiger partial charge < -0.3 is 10.2 Å². The van der Waals surface area contributed by atoms with Gasteiger partial charge in [-0.2, -0.15) is 0 Å². The molecule has 0 atom stereocenters. The smallest absolute Gasteiger partial charge is 0.261 e. The maximum Gasteiger partial charge on any atom is 0.261 e. The predicted molar refractivity (Wildman–Crippen MR) is 91.3 cm³/mol. The first-order valence-corrected chi connectivity index (χ1v) is 8.38. The Kier molecular flexibility index (Phi) is 5.76. The molecule has 0 radical (unpaired) electrons. The fourth-order valence-corrected chi connectivity index (χ4v) is 3.63. The molecular formula is C17H24N2OS. The average molecular weight is 304 g/mol. The molecule has 2 rings (SSSR count). The first-order valence-electron chi connectivity index (χ1n) is 7.56. The minimum atomic E-state index is 0.0819. The monoisotopic (exact) mass is 304 g/mol. The van der Waals surface area contributed by atoms with Crippen molar-refractivity contribution in [3.05, 3.63) is 34.7 Å². The first-order chi connectivity index (χ1) is 10.1. The number of thiophene rings is 1. The Hall–Kier alpha value is -1.39. The normalized spacial score (nSPS) is 11.2. The van der Waals surface area contributed by atoms with Gasteiger partial charge in [-0.15, -0.1) is 11.3 Å². The van der Waals surface area contributed by atoms with Gasteiger partial charge in [0.2, 0.25) is 0 Å². The summed E-state index contributed by atoms with van der Waals surface area (Å²) in [4.78, 5) is 15.5. The van der Waals surface area contributed by atoms with E-state index in [1.54, 1.807) is 11.3 Å². The van der Waals surface area contributed by atoms with E-state index in [0.29, 0.717) is 0 Å². The number of nitrogens with one attached hydrogen (secondary N) is 1. The summed E-state index contributed by atoms with van der Waals surface area (Å²) in [6.07, 6.45) is 3.00. The summed E-state index contributed by atoms with van der Waals surface area (Å²) in [5.41, 5.74) is 1.21. The van der Waals surface area contributed by atoms with Crippen LogP contribution in [0.2, 0.25) is 0 Å². The Labute approximate surface area is 131 Å². The maximum atomic E-state index is 12.4. The molecule has 1 heterocycles. The quantitative estimate of drug-likeness (QED) is 0.794. The molecule has 21 heavy (non-hydrogen) atoms. The maximum absolute atomic E-state index is 12.4. The van der Waals surface area contributed by atoms with E-state index in [9.17, 15) is 4.79 Å². The average Bonchev–Trinajstić information content (AvgIpc) is 2.83. The molecule has 0 bridgehead atoms. The lowest BCUT2D eigenvalue weighted by Gasteiger charge is -2.10. The van der Waals surface area contributed by atoms with Gasteiger partial charge in [-0.3, -0.25) is 4.79 Å². The Bertz CT molecular complexity index is 604. The standard InChI is InChI=1S/C17H24N2OS/c1-4-8-14-13-9-5-6-10-15(13)21-16(14)17(20)18-11-7-12-19(2)3/h5-6,9-10H,4,7-8,11-12H2,1-3H3,(H,18,20). The van der Waals surface area contributed by atoms with Crippen LogP contribution in [0.4, 0.5) is 0 Å². The summed E-state index contributed by atoms with van der Waals surface area (Å²) in [5, 5.41) is 4.30. The van der Waals surface area contributed by atoms with Crippen molar-refractivity contribution < 1.29 is 4.79 Å². The van der Waals surface area contributed by atoms with Crippen molar-refractivity contribution in [1.29, 1.82) is 0 Å². The van der Waals surface area contributed by atoms with Crippen LogP contribution in [0.15, 0.2) is 24.3 Å². The number of nitrogens with zero attached hydrogens (tertiary/aromatic N) is 1. The van der Waals surface area contributed by atoms with Gasteiger partial charge in [0.05, 0.1) is 4.88 Å². The van der Waals surface area contributed by atoms with Gasteiger partial charge >= 0.3 is 0 Å². The van der Waals surface area contributed by atoms with Crippen LogP contribution >= 0.6 is 11.3 Å². The number of rotatable bonds is 7. The third-order valence-corrected chi connectivity index (χ3v) is 4.68. The fourth-order valence-electron chi connectivity index (χ4n) is 2.46. The second-order valence-electron chi connectivity index (χ2n) is 5.57. The zero-order chi connectivity index (χ0) is 15.2. The largest absolute Gasteiger partial charge is 0.351 e. The summed E-state index contributed by atoms with van der Waals surface area (Å²) in [7, 11) is 4.10. The molecule has 1 amide bonds. The van der Waals surface area contributed by atoms with Crippen LogP contribution < -0.4 is 5.32 Å². The van der Waals surface area contributed by atoms with Crippen molar-refractivity contribution in [2.45, 2.75) is 26.2 Å². The summed E-state index contributed by atoms with van der Waals surface area (Å²) < 4.78 is 1.21. The van der Waals surface area contributed by atoms with Gasteiger partial charge in [-0.05, 0) is 50.5 Å². The van der Waals surface area contributed by atoms with Crippen LogP contribution in [-0.4, -0.2) is 38.0 Å². The topological polar surface area (TPSA) is 32.3 Å². The van der Waals surface area contributed by atoms with Crippen LogP contribution in [0, 0.1) is 0 Å². The zero-order valence-corrected chi connectivity index (χ0v) is 13.9. The lowest BCUT2D eigenvalue weighted by Crippen LogP contribution is -2.27. The highest BCUT2D eigenvalue weighted by Crippen LogP contribution is 2.32. The molecule has 0 spiro atoms. The van der Waals surface area contributed by atoms with E-state index in [-0.39, 0.29) is 5.91 Å². The second-order valence-corrected chi connectivity index (χ2v) is 6.62. The van der Waals surface area contributed by atoms with E-state index in [0.717, 1.165) is 37.2 Å². The van der Waals surface area contributed by atoms with Gasteiger partial charge in [0.1, 0.15) is 0 Å². The minimum absolute atomic E-state index is 0.0819. The van der Waals surface area contributed by atoms with E-state index in [1.165, 1.54) is 15.6 Å². The number of carbonyl (C=O) groups is 1. The van der Waals surface area contributed by atoms with E-state index in [2.05, 4.69) is 29.3 Å². The van der Waals surface area contributed by atoms with Gasteiger partial charge in [-0.25, -0.2) is 0 Å². The molecule has 1 aromatic heterocycles.